The highest BCUT2D eigenvalue weighted by molar-refractivity contribution is 5.74. The van der Waals surface area contributed by atoms with Gasteiger partial charge in [-0.2, -0.15) is 0 Å². The standard InChI is InChI=1S/C20H24N2O2/c21-17-7-9-22(10-8-17)14-15-3-1-4-16(13-15)18-5-2-6-19-20(18)24-12-11-23-19/h1-6,13,17H,7-12,14,21H2. The fourth-order valence-corrected chi connectivity index (χ4v) is 3.51. The van der Waals surface area contributed by atoms with Crippen LogP contribution in [0.3, 0.4) is 0 Å². The molecule has 4 nitrogen and oxygen atoms in total. The SMILES string of the molecule is NC1CCN(Cc2cccc(-c3cccc4c3OCCO4)c2)CC1. The predicted molar refractivity (Wildman–Crippen MR) is 95.4 cm³/mol. The number of hydrogen-bond donors (Lipinski definition) is 1. The lowest BCUT2D eigenvalue weighted by Crippen LogP contribution is -2.39. The molecule has 126 valence electrons. The molecule has 2 aromatic rings. The molecule has 0 bridgehead atoms. The van der Waals surface area contributed by atoms with Crippen molar-refractivity contribution in [2.45, 2.75) is 25.4 Å². The second-order valence-electron chi connectivity index (χ2n) is 6.64. The van der Waals surface area contributed by atoms with E-state index in [1.807, 2.05) is 12.1 Å². The molecule has 4 heteroatoms. The summed E-state index contributed by atoms with van der Waals surface area (Å²) >= 11 is 0. The maximum atomic E-state index is 6.00. The minimum absolute atomic E-state index is 0.376. The summed E-state index contributed by atoms with van der Waals surface area (Å²) in [4.78, 5) is 2.49. The molecule has 2 aliphatic heterocycles. The number of hydrogen-bond acceptors (Lipinski definition) is 4. The third-order valence-corrected chi connectivity index (χ3v) is 4.84. The van der Waals surface area contributed by atoms with Gasteiger partial charge in [-0.1, -0.05) is 30.3 Å². The van der Waals surface area contributed by atoms with E-state index in [9.17, 15) is 0 Å². The van der Waals surface area contributed by atoms with Crippen LogP contribution in [0.5, 0.6) is 11.5 Å². The molecule has 2 aliphatic rings. The van der Waals surface area contributed by atoms with Gasteiger partial charge in [0.25, 0.3) is 0 Å². The van der Waals surface area contributed by atoms with Gasteiger partial charge in [-0.15, -0.1) is 0 Å². The highest BCUT2D eigenvalue weighted by Crippen LogP contribution is 2.40. The Labute approximate surface area is 143 Å². The van der Waals surface area contributed by atoms with Gasteiger partial charge in [0.2, 0.25) is 0 Å². The summed E-state index contributed by atoms with van der Waals surface area (Å²) in [7, 11) is 0. The summed E-state index contributed by atoms with van der Waals surface area (Å²) in [6.45, 7) is 4.38. The summed E-state index contributed by atoms with van der Waals surface area (Å²) in [5.41, 5.74) is 9.62. The lowest BCUT2D eigenvalue weighted by atomic mass is 10.0. The molecule has 2 N–H and O–H groups in total. The summed E-state index contributed by atoms with van der Waals surface area (Å²) in [6, 6.07) is 15.2. The number of piperidine rings is 1. The van der Waals surface area contributed by atoms with E-state index in [0.29, 0.717) is 19.3 Å². The van der Waals surface area contributed by atoms with Crippen LogP contribution in [0.1, 0.15) is 18.4 Å². The van der Waals surface area contributed by atoms with Crippen molar-refractivity contribution in [3.63, 3.8) is 0 Å². The van der Waals surface area contributed by atoms with Gasteiger partial charge in [0.1, 0.15) is 13.2 Å². The van der Waals surface area contributed by atoms with Gasteiger partial charge in [-0.05, 0) is 49.2 Å². The van der Waals surface area contributed by atoms with Crippen molar-refractivity contribution < 1.29 is 9.47 Å². The van der Waals surface area contributed by atoms with Gasteiger partial charge < -0.3 is 15.2 Å². The van der Waals surface area contributed by atoms with Crippen LogP contribution >= 0.6 is 0 Å². The lowest BCUT2D eigenvalue weighted by Gasteiger charge is -2.30. The smallest absolute Gasteiger partial charge is 0.169 e. The van der Waals surface area contributed by atoms with Gasteiger partial charge in [-0.3, -0.25) is 4.90 Å². The maximum absolute atomic E-state index is 6.00. The molecule has 0 aliphatic carbocycles. The van der Waals surface area contributed by atoms with Crippen LogP contribution in [0.25, 0.3) is 11.1 Å². The fraction of sp³-hybridized carbons (Fsp3) is 0.400. The molecule has 4 rings (SSSR count). The van der Waals surface area contributed by atoms with Gasteiger partial charge in [0, 0.05) is 18.2 Å². The Balaban J connectivity index is 1.57. The maximum Gasteiger partial charge on any atom is 0.169 e. The van der Waals surface area contributed by atoms with Crippen molar-refractivity contribution in [2.75, 3.05) is 26.3 Å². The van der Waals surface area contributed by atoms with E-state index in [1.54, 1.807) is 0 Å². The molecule has 0 aromatic heterocycles. The lowest BCUT2D eigenvalue weighted by molar-refractivity contribution is 0.172. The fourth-order valence-electron chi connectivity index (χ4n) is 3.51. The summed E-state index contributed by atoms with van der Waals surface area (Å²) in [5.74, 6) is 1.71. The third-order valence-electron chi connectivity index (χ3n) is 4.84. The Kier molecular flexibility index (Phi) is 4.41. The van der Waals surface area contributed by atoms with Gasteiger partial charge in [-0.25, -0.2) is 0 Å². The molecular weight excluding hydrogens is 300 g/mol. The summed E-state index contributed by atoms with van der Waals surface area (Å²) in [6.07, 6.45) is 2.19. The second-order valence-corrected chi connectivity index (χ2v) is 6.64. The van der Waals surface area contributed by atoms with Crippen LogP contribution in [0.15, 0.2) is 42.5 Å². The van der Waals surface area contributed by atoms with Crippen molar-refractivity contribution in [1.29, 1.82) is 0 Å². The van der Waals surface area contributed by atoms with Crippen LogP contribution in [0, 0.1) is 0 Å². The van der Waals surface area contributed by atoms with E-state index >= 15 is 0 Å². The van der Waals surface area contributed by atoms with E-state index in [-0.39, 0.29) is 0 Å². The molecule has 1 fully saturated rings. The molecule has 0 unspecified atom stereocenters. The van der Waals surface area contributed by atoms with Crippen LogP contribution in [-0.2, 0) is 6.54 Å². The molecule has 0 spiro atoms. The van der Waals surface area contributed by atoms with E-state index in [4.69, 9.17) is 15.2 Å². The van der Waals surface area contributed by atoms with Crippen molar-refractivity contribution in [3.05, 3.63) is 48.0 Å². The first kappa shape index (κ1) is 15.5. The van der Waals surface area contributed by atoms with Crippen molar-refractivity contribution in [2.24, 2.45) is 5.73 Å². The van der Waals surface area contributed by atoms with Crippen molar-refractivity contribution >= 4 is 0 Å². The van der Waals surface area contributed by atoms with E-state index in [0.717, 1.165) is 49.5 Å². The minimum atomic E-state index is 0.376. The Bertz CT molecular complexity index is 709. The monoisotopic (exact) mass is 324 g/mol. The Morgan fingerprint density at radius 1 is 1.00 bits per heavy atom. The molecule has 0 amide bonds. The quantitative estimate of drug-likeness (QED) is 0.943. The zero-order valence-electron chi connectivity index (χ0n) is 13.9. The number of para-hydroxylation sites is 1. The first-order valence-electron chi connectivity index (χ1n) is 8.75. The number of nitrogens with zero attached hydrogens (tertiary/aromatic N) is 1. The van der Waals surface area contributed by atoms with Crippen LogP contribution in [0.4, 0.5) is 0 Å². The number of likely N-dealkylation sites (tertiary alicyclic amines) is 1. The number of rotatable bonds is 3. The van der Waals surface area contributed by atoms with Crippen LogP contribution in [-0.4, -0.2) is 37.2 Å². The molecule has 24 heavy (non-hydrogen) atoms. The number of fused-ring (bicyclic) bond motifs is 1. The average molecular weight is 324 g/mol. The molecule has 1 saturated heterocycles. The molecule has 2 heterocycles. The average Bonchev–Trinajstić information content (AvgIpc) is 2.63. The van der Waals surface area contributed by atoms with E-state index in [2.05, 4.69) is 35.2 Å². The van der Waals surface area contributed by atoms with Crippen molar-refractivity contribution in [3.8, 4) is 22.6 Å². The first-order valence-corrected chi connectivity index (χ1v) is 8.75. The summed E-state index contributed by atoms with van der Waals surface area (Å²) < 4.78 is 11.6. The van der Waals surface area contributed by atoms with Gasteiger partial charge >= 0.3 is 0 Å². The third kappa shape index (κ3) is 3.25. The highest BCUT2D eigenvalue weighted by atomic mass is 16.6. The topological polar surface area (TPSA) is 47.7 Å². The molecule has 0 saturated carbocycles. The number of ether oxygens (including phenoxy) is 2. The van der Waals surface area contributed by atoms with Gasteiger partial charge in [0.15, 0.2) is 11.5 Å². The number of benzene rings is 2. The minimum Gasteiger partial charge on any atom is -0.486 e. The molecular formula is C20H24N2O2. The first-order chi connectivity index (χ1) is 11.8. The largest absolute Gasteiger partial charge is 0.486 e. The predicted octanol–water partition coefficient (Wildman–Crippen LogP) is 3.05. The zero-order chi connectivity index (χ0) is 16.4. The van der Waals surface area contributed by atoms with Crippen LogP contribution in [0.2, 0.25) is 0 Å². The normalized spacial score (nSPS) is 18.5. The van der Waals surface area contributed by atoms with Gasteiger partial charge in [0.05, 0.1) is 0 Å². The highest BCUT2D eigenvalue weighted by Gasteiger charge is 2.18. The Morgan fingerprint density at radius 3 is 2.67 bits per heavy atom. The second kappa shape index (κ2) is 6.83. The molecule has 0 atom stereocenters. The Morgan fingerprint density at radius 2 is 1.79 bits per heavy atom. The van der Waals surface area contributed by atoms with E-state index in [1.165, 1.54) is 11.1 Å². The number of nitrogens with two attached hydrogens (primary N) is 1. The molecule has 0 radical (unpaired) electrons. The van der Waals surface area contributed by atoms with Crippen LogP contribution < -0.4 is 15.2 Å². The zero-order valence-corrected chi connectivity index (χ0v) is 13.9. The van der Waals surface area contributed by atoms with E-state index < -0.39 is 0 Å². The Hall–Kier alpha value is -2.04. The van der Waals surface area contributed by atoms with Crippen molar-refractivity contribution in [1.82, 2.24) is 4.90 Å². The molecule has 2 aromatic carbocycles. The summed E-state index contributed by atoms with van der Waals surface area (Å²) in [5, 5.41) is 0.